The topological polar surface area (TPSA) is 38.0 Å². The number of nitrogens with zero attached hydrogens (tertiary/aromatic N) is 2. The standard InChI is InChI=1S/C4H6N2O.V/c1-6-3-2-4(7)5-6;/h2-3H,1H3,(H,5,7);. The van der Waals surface area contributed by atoms with Crippen LogP contribution in [0.4, 0.5) is 0 Å². The second-order valence-electron chi connectivity index (χ2n) is 1.35. The van der Waals surface area contributed by atoms with Gasteiger partial charge in [-0.1, -0.05) is 0 Å². The van der Waals surface area contributed by atoms with Gasteiger partial charge in [-0.15, -0.1) is 5.10 Å². The molecule has 0 saturated heterocycles. The zero-order chi connectivity index (χ0) is 5.28. The molecule has 0 aliphatic carbocycles. The molecular formula is C4H6N2OV. The second kappa shape index (κ2) is 2.79. The summed E-state index contributed by atoms with van der Waals surface area (Å²) in [5.41, 5.74) is 0. The fourth-order valence-corrected chi connectivity index (χ4v) is 0.403. The number of aromatic hydroxyl groups is 1. The molecular weight excluding hydrogens is 143 g/mol. The average molecular weight is 149 g/mol. The van der Waals surface area contributed by atoms with Gasteiger partial charge in [0.15, 0.2) is 0 Å². The van der Waals surface area contributed by atoms with Gasteiger partial charge >= 0.3 is 0 Å². The first-order valence-corrected chi connectivity index (χ1v) is 1.97. The molecule has 1 rings (SSSR count). The fraction of sp³-hybridized carbons (Fsp3) is 0.250. The van der Waals surface area contributed by atoms with Gasteiger partial charge in [-0.25, -0.2) is 0 Å². The molecule has 0 spiro atoms. The van der Waals surface area contributed by atoms with Crippen LogP contribution in [-0.4, -0.2) is 14.9 Å². The monoisotopic (exact) mass is 149 g/mol. The summed E-state index contributed by atoms with van der Waals surface area (Å²) in [6, 6.07) is 1.53. The van der Waals surface area contributed by atoms with Crippen LogP contribution < -0.4 is 0 Å². The van der Waals surface area contributed by atoms with Crippen LogP contribution in [0.25, 0.3) is 0 Å². The molecule has 0 aliphatic heterocycles. The Kier molecular flexibility index (Phi) is 2.65. The molecule has 4 heteroatoms. The van der Waals surface area contributed by atoms with Gasteiger partial charge in [0.25, 0.3) is 0 Å². The Morgan fingerprint density at radius 2 is 2.38 bits per heavy atom. The fourth-order valence-electron chi connectivity index (χ4n) is 0.403. The average Bonchev–Trinajstić information content (AvgIpc) is 1.87. The van der Waals surface area contributed by atoms with E-state index >= 15 is 0 Å². The number of aromatic nitrogens is 2. The van der Waals surface area contributed by atoms with Gasteiger partial charge in [-0.3, -0.25) is 4.68 Å². The van der Waals surface area contributed by atoms with Gasteiger partial charge in [-0.2, -0.15) is 0 Å². The molecule has 43 valence electrons. The van der Waals surface area contributed by atoms with E-state index in [0.717, 1.165) is 0 Å². The predicted octanol–water partition coefficient (Wildman–Crippen LogP) is 0.123. The van der Waals surface area contributed by atoms with Crippen molar-refractivity contribution >= 4 is 0 Å². The SMILES string of the molecule is Cn1ccc(O)n1.[V]. The summed E-state index contributed by atoms with van der Waals surface area (Å²) in [6.45, 7) is 0. The Morgan fingerprint density at radius 3 is 2.50 bits per heavy atom. The van der Waals surface area contributed by atoms with Crippen molar-refractivity contribution in [3.8, 4) is 5.88 Å². The quantitative estimate of drug-likeness (QED) is 0.569. The molecule has 0 atom stereocenters. The molecule has 0 bridgehead atoms. The number of hydrogen-bond acceptors (Lipinski definition) is 2. The normalized spacial score (nSPS) is 8.12. The van der Waals surface area contributed by atoms with Crippen molar-refractivity contribution in [1.29, 1.82) is 0 Å². The third kappa shape index (κ3) is 1.60. The van der Waals surface area contributed by atoms with Crippen LogP contribution in [0.3, 0.4) is 0 Å². The summed E-state index contributed by atoms with van der Waals surface area (Å²) in [5.74, 6) is 0.0718. The third-order valence-corrected chi connectivity index (χ3v) is 0.700. The molecule has 3 nitrogen and oxygen atoms in total. The van der Waals surface area contributed by atoms with Gasteiger partial charge in [0, 0.05) is 37.9 Å². The van der Waals surface area contributed by atoms with Gasteiger partial charge in [-0.05, 0) is 0 Å². The molecule has 0 amide bonds. The van der Waals surface area contributed by atoms with Crippen LogP contribution >= 0.6 is 0 Å². The Morgan fingerprint density at radius 1 is 1.75 bits per heavy atom. The van der Waals surface area contributed by atoms with Crippen molar-refractivity contribution in [2.45, 2.75) is 0 Å². The Bertz CT molecular complexity index is 146. The minimum Gasteiger partial charge on any atom is -0.492 e. The summed E-state index contributed by atoms with van der Waals surface area (Å²) in [4.78, 5) is 0. The Balaban J connectivity index is 0.000000490. The third-order valence-electron chi connectivity index (χ3n) is 0.700. The maximum absolute atomic E-state index is 8.52. The van der Waals surface area contributed by atoms with E-state index in [2.05, 4.69) is 5.10 Å². The molecule has 0 saturated carbocycles. The maximum Gasteiger partial charge on any atom is 0.230 e. The molecule has 0 fully saturated rings. The first-order valence-electron chi connectivity index (χ1n) is 1.97. The van der Waals surface area contributed by atoms with E-state index in [1.54, 1.807) is 13.2 Å². The molecule has 8 heavy (non-hydrogen) atoms. The summed E-state index contributed by atoms with van der Waals surface area (Å²) in [7, 11) is 1.75. The summed E-state index contributed by atoms with van der Waals surface area (Å²) >= 11 is 0. The largest absolute Gasteiger partial charge is 0.492 e. The molecule has 0 aromatic carbocycles. The first kappa shape index (κ1) is 7.59. The van der Waals surface area contributed by atoms with E-state index in [9.17, 15) is 0 Å². The number of hydrogen-bond donors (Lipinski definition) is 1. The Labute approximate surface area is 59.2 Å². The molecule has 1 aromatic rings. The van der Waals surface area contributed by atoms with Crippen molar-refractivity contribution in [3.63, 3.8) is 0 Å². The van der Waals surface area contributed by atoms with Crippen LogP contribution in [-0.2, 0) is 25.6 Å². The van der Waals surface area contributed by atoms with E-state index in [4.69, 9.17) is 5.11 Å². The minimum absolute atomic E-state index is 0. The van der Waals surface area contributed by atoms with E-state index in [1.807, 2.05) is 0 Å². The van der Waals surface area contributed by atoms with Crippen LogP contribution in [0, 0.1) is 0 Å². The van der Waals surface area contributed by atoms with Gasteiger partial charge in [0.05, 0.1) is 0 Å². The number of rotatable bonds is 0. The summed E-state index contributed by atoms with van der Waals surface area (Å²) in [6.07, 6.45) is 1.68. The number of aryl methyl sites for hydroxylation is 1. The minimum atomic E-state index is 0. The summed E-state index contributed by atoms with van der Waals surface area (Å²) < 4.78 is 1.54. The van der Waals surface area contributed by atoms with Crippen LogP contribution in [0.5, 0.6) is 5.88 Å². The van der Waals surface area contributed by atoms with Crippen molar-refractivity contribution < 1.29 is 23.7 Å². The molecule has 0 unspecified atom stereocenters. The van der Waals surface area contributed by atoms with Gasteiger partial charge in [0.2, 0.25) is 5.88 Å². The first-order chi connectivity index (χ1) is 3.29. The van der Waals surface area contributed by atoms with E-state index < -0.39 is 0 Å². The van der Waals surface area contributed by atoms with Crippen molar-refractivity contribution in [1.82, 2.24) is 9.78 Å². The van der Waals surface area contributed by atoms with E-state index in [1.165, 1.54) is 10.7 Å². The van der Waals surface area contributed by atoms with Crippen LogP contribution in [0.1, 0.15) is 0 Å². The molecule has 1 heterocycles. The van der Waals surface area contributed by atoms with E-state index in [-0.39, 0.29) is 24.4 Å². The van der Waals surface area contributed by atoms with E-state index in [0.29, 0.717) is 0 Å². The molecule has 1 radical (unpaired) electrons. The Hall–Kier alpha value is -0.406. The van der Waals surface area contributed by atoms with Crippen LogP contribution in [0.2, 0.25) is 0 Å². The van der Waals surface area contributed by atoms with Crippen LogP contribution in [0.15, 0.2) is 12.3 Å². The predicted molar refractivity (Wildman–Crippen MR) is 24.9 cm³/mol. The molecule has 0 aliphatic rings. The molecule has 1 aromatic heterocycles. The molecule has 1 N–H and O–H groups in total. The summed E-state index contributed by atoms with van der Waals surface area (Å²) in [5, 5.41) is 12.1. The van der Waals surface area contributed by atoms with Gasteiger partial charge < -0.3 is 5.11 Å². The maximum atomic E-state index is 8.52. The smallest absolute Gasteiger partial charge is 0.230 e. The second-order valence-corrected chi connectivity index (χ2v) is 1.35. The van der Waals surface area contributed by atoms with Gasteiger partial charge in [0.1, 0.15) is 0 Å². The van der Waals surface area contributed by atoms with Crippen molar-refractivity contribution in [2.75, 3.05) is 0 Å². The zero-order valence-electron chi connectivity index (χ0n) is 4.44. The van der Waals surface area contributed by atoms with Crippen molar-refractivity contribution in [3.05, 3.63) is 12.3 Å². The van der Waals surface area contributed by atoms with Crippen molar-refractivity contribution in [2.24, 2.45) is 7.05 Å². The zero-order valence-corrected chi connectivity index (χ0v) is 5.84.